The second kappa shape index (κ2) is 6.60. The van der Waals surface area contributed by atoms with Crippen LogP contribution in [0.1, 0.15) is 39.7 Å². The van der Waals surface area contributed by atoms with E-state index in [0.29, 0.717) is 18.7 Å². The number of nitrogens with zero attached hydrogens (tertiary/aromatic N) is 1. The molecule has 1 heterocycles. The Morgan fingerprint density at radius 3 is 2.52 bits per heavy atom. The van der Waals surface area contributed by atoms with E-state index in [-0.39, 0.29) is 24.0 Å². The first-order valence-corrected chi connectivity index (χ1v) is 7.96. The van der Waals surface area contributed by atoms with Gasteiger partial charge in [0, 0.05) is 12.6 Å². The zero-order valence-corrected chi connectivity index (χ0v) is 14.2. The Morgan fingerprint density at radius 1 is 1.30 bits per heavy atom. The molecular weight excluding hydrogens is 294 g/mol. The van der Waals surface area contributed by atoms with E-state index in [1.807, 2.05) is 24.3 Å². The summed E-state index contributed by atoms with van der Waals surface area (Å²) in [7, 11) is 0. The normalized spacial score (nSPS) is 21.3. The Morgan fingerprint density at radius 2 is 1.96 bits per heavy atom. The number of carboxylic acid groups (broad SMARTS) is 1. The van der Waals surface area contributed by atoms with Crippen LogP contribution in [-0.2, 0) is 15.0 Å². The summed E-state index contributed by atoms with van der Waals surface area (Å²) in [6.45, 7) is 8.48. The minimum atomic E-state index is -0.841. The van der Waals surface area contributed by atoms with Crippen molar-refractivity contribution in [1.82, 2.24) is 4.90 Å². The third-order valence-electron chi connectivity index (χ3n) is 4.44. The summed E-state index contributed by atoms with van der Waals surface area (Å²) in [5.74, 6) is -0.785. The average Bonchev–Trinajstić information content (AvgIpc) is 2.86. The van der Waals surface area contributed by atoms with Crippen molar-refractivity contribution in [2.75, 3.05) is 13.2 Å². The van der Waals surface area contributed by atoms with Crippen molar-refractivity contribution in [3.8, 4) is 5.75 Å². The van der Waals surface area contributed by atoms with Crippen molar-refractivity contribution >= 4 is 11.9 Å². The van der Waals surface area contributed by atoms with Gasteiger partial charge in [-0.25, -0.2) is 0 Å². The monoisotopic (exact) mass is 319 g/mol. The Hall–Kier alpha value is -2.04. The van der Waals surface area contributed by atoms with Gasteiger partial charge in [-0.3, -0.25) is 9.59 Å². The van der Waals surface area contributed by atoms with Crippen molar-refractivity contribution in [3.05, 3.63) is 29.8 Å². The molecule has 2 atom stereocenters. The molecule has 0 spiro atoms. The van der Waals surface area contributed by atoms with Crippen LogP contribution in [0.15, 0.2) is 24.3 Å². The van der Waals surface area contributed by atoms with E-state index in [4.69, 9.17) is 9.84 Å². The topological polar surface area (TPSA) is 66.8 Å². The highest BCUT2D eigenvalue weighted by Crippen LogP contribution is 2.31. The van der Waals surface area contributed by atoms with Crippen LogP contribution in [0.3, 0.4) is 0 Å². The smallest absolute Gasteiger partial charge is 0.308 e. The average molecular weight is 319 g/mol. The van der Waals surface area contributed by atoms with Gasteiger partial charge in [-0.2, -0.15) is 0 Å². The molecule has 0 bridgehead atoms. The molecule has 1 amide bonds. The highest BCUT2D eigenvalue weighted by Gasteiger charge is 2.38. The molecule has 2 rings (SSSR count). The summed E-state index contributed by atoms with van der Waals surface area (Å²) in [6.07, 6.45) is 0.501. The molecule has 126 valence electrons. The molecule has 0 aliphatic carbocycles. The molecule has 1 N–H and O–H groups in total. The lowest BCUT2D eigenvalue weighted by atomic mass is 9.86. The summed E-state index contributed by atoms with van der Waals surface area (Å²) < 4.78 is 5.74. The summed E-state index contributed by atoms with van der Waals surface area (Å²) in [5.41, 5.74) is 0.973. The largest absolute Gasteiger partial charge is 0.483 e. The standard InChI is InChI=1S/C18H25NO4/c1-12-13(17(21)22)9-10-19(12)16(20)11-23-15-8-6-5-7-14(15)18(2,3)4/h5-8,12-13H,9-11H2,1-4H3,(H,21,22). The number of hydrogen-bond acceptors (Lipinski definition) is 3. The number of benzene rings is 1. The molecule has 1 aromatic carbocycles. The van der Waals surface area contributed by atoms with Crippen molar-refractivity contribution in [2.45, 2.75) is 45.6 Å². The highest BCUT2D eigenvalue weighted by molar-refractivity contribution is 5.80. The molecule has 2 unspecified atom stereocenters. The number of rotatable bonds is 4. The molecule has 5 heteroatoms. The van der Waals surface area contributed by atoms with Crippen LogP contribution in [0.4, 0.5) is 0 Å². The molecule has 1 aliphatic heterocycles. The van der Waals surface area contributed by atoms with E-state index in [1.54, 1.807) is 11.8 Å². The van der Waals surface area contributed by atoms with Crippen LogP contribution in [-0.4, -0.2) is 41.1 Å². The maximum atomic E-state index is 12.4. The van der Waals surface area contributed by atoms with Gasteiger partial charge < -0.3 is 14.7 Å². The predicted octanol–water partition coefficient (Wildman–Crippen LogP) is 2.68. The summed E-state index contributed by atoms with van der Waals surface area (Å²) >= 11 is 0. The zero-order chi connectivity index (χ0) is 17.2. The number of amides is 1. The second-order valence-corrected chi connectivity index (χ2v) is 7.10. The SMILES string of the molecule is CC1C(C(=O)O)CCN1C(=O)COc1ccccc1C(C)(C)C. The summed E-state index contributed by atoms with van der Waals surface area (Å²) in [4.78, 5) is 25.1. The molecular formula is C18H25NO4. The summed E-state index contributed by atoms with van der Waals surface area (Å²) in [6, 6.07) is 7.41. The van der Waals surface area contributed by atoms with Gasteiger partial charge >= 0.3 is 5.97 Å². The van der Waals surface area contributed by atoms with Gasteiger partial charge in [0.15, 0.2) is 6.61 Å². The predicted molar refractivity (Wildman–Crippen MR) is 87.6 cm³/mol. The Balaban J connectivity index is 2.02. The first-order valence-electron chi connectivity index (χ1n) is 7.96. The van der Waals surface area contributed by atoms with Crippen molar-refractivity contribution in [3.63, 3.8) is 0 Å². The van der Waals surface area contributed by atoms with E-state index in [1.165, 1.54) is 0 Å². The Labute approximate surface area is 137 Å². The van der Waals surface area contributed by atoms with Gasteiger partial charge in [-0.15, -0.1) is 0 Å². The number of hydrogen-bond donors (Lipinski definition) is 1. The van der Waals surface area contributed by atoms with E-state index in [9.17, 15) is 9.59 Å². The molecule has 23 heavy (non-hydrogen) atoms. The molecule has 1 fully saturated rings. The van der Waals surface area contributed by atoms with E-state index >= 15 is 0 Å². The van der Waals surface area contributed by atoms with Gasteiger partial charge in [0.25, 0.3) is 5.91 Å². The van der Waals surface area contributed by atoms with Gasteiger partial charge in [0.05, 0.1) is 5.92 Å². The summed E-state index contributed by atoms with van der Waals surface area (Å²) in [5, 5.41) is 9.15. The number of carboxylic acids is 1. The fraction of sp³-hybridized carbons (Fsp3) is 0.556. The first kappa shape index (κ1) is 17.3. The molecule has 1 aliphatic rings. The van der Waals surface area contributed by atoms with Crippen LogP contribution >= 0.6 is 0 Å². The molecule has 0 saturated carbocycles. The van der Waals surface area contributed by atoms with Crippen LogP contribution < -0.4 is 4.74 Å². The van der Waals surface area contributed by atoms with E-state index < -0.39 is 11.9 Å². The van der Waals surface area contributed by atoms with E-state index in [2.05, 4.69) is 20.8 Å². The molecule has 1 saturated heterocycles. The van der Waals surface area contributed by atoms with Crippen molar-refractivity contribution in [2.24, 2.45) is 5.92 Å². The van der Waals surface area contributed by atoms with Gasteiger partial charge in [0.1, 0.15) is 5.75 Å². The fourth-order valence-corrected chi connectivity index (χ4v) is 3.06. The Kier molecular flexibility index (Phi) is 4.97. The third-order valence-corrected chi connectivity index (χ3v) is 4.44. The molecule has 5 nitrogen and oxygen atoms in total. The zero-order valence-electron chi connectivity index (χ0n) is 14.2. The Bertz CT molecular complexity index is 591. The number of carbonyl (C=O) groups excluding carboxylic acids is 1. The van der Waals surface area contributed by atoms with Crippen LogP contribution in [0.2, 0.25) is 0 Å². The maximum Gasteiger partial charge on any atom is 0.308 e. The highest BCUT2D eigenvalue weighted by atomic mass is 16.5. The lowest BCUT2D eigenvalue weighted by Gasteiger charge is -2.25. The van der Waals surface area contributed by atoms with E-state index in [0.717, 1.165) is 5.56 Å². The van der Waals surface area contributed by atoms with Crippen LogP contribution in [0.25, 0.3) is 0 Å². The minimum Gasteiger partial charge on any atom is -0.483 e. The molecule has 0 radical (unpaired) electrons. The second-order valence-electron chi connectivity index (χ2n) is 7.10. The van der Waals surface area contributed by atoms with Gasteiger partial charge in [-0.1, -0.05) is 39.0 Å². The fourth-order valence-electron chi connectivity index (χ4n) is 3.06. The number of carbonyl (C=O) groups is 2. The number of para-hydroxylation sites is 1. The quantitative estimate of drug-likeness (QED) is 0.926. The van der Waals surface area contributed by atoms with Gasteiger partial charge in [0.2, 0.25) is 0 Å². The molecule has 1 aromatic rings. The lowest BCUT2D eigenvalue weighted by Crippen LogP contribution is -2.40. The minimum absolute atomic E-state index is 0.0657. The maximum absolute atomic E-state index is 12.4. The number of ether oxygens (including phenoxy) is 1. The van der Waals surface area contributed by atoms with Gasteiger partial charge in [-0.05, 0) is 30.4 Å². The van der Waals surface area contributed by atoms with Crippen LogP contribution in [0.5, 0.6) is 5.75 Å². The van der Waals surface area contributed by atoms with Crippen molar-refractivity contribution in [1.29, 1.82) is 0 Å². The third kappa shape index (κ3) is 3.84. The number of aliphatic carboxylic acids is 1. The number of likely N-dealkylation sites (tertiary alicyclic amines) is 1. The van der Waals surface area contributed by atoms with Crippen molar-refractivity contribution < 1.29 is 19.4 Å². The first-order chi connectivity index (χ1) is 10.7. The van der Waals surface area contributed by atoms with Crippen LogP contribution in [0, 0.1) is 5.92 Å². The lowest BCUT2D eigenvalue weighted by molar-refractivity contribution is -0.143. The molecule has 0 aromatic heterocycles.